The van der Waals surface area contributed by atoms with Crippen molar-refractivity contribution in [1.29, 1.82) is 0 Å². The first kappa shape index (κ1) is 14.4. The van der Waals surface area contributed by atoms with Gasteiger partial charge in [0.25, 0.3) is 0 Å². The second-order valence-corrected chi connectivity index (χ2v) is 4.78. The van der Waals surface area contributed by atoms with Crippen LogP contribution in [0.2, 0.25) is 0 Å². The number of halogens is 3. The van der Waals surface area contributed by atoms with E-state index in [0.29, 0.717) is 12.5 Å². The number of rotatable bonds is 4. The molecule has 0 spiro atoms. The first-order chi connectivity index (χ1) is 9.36. The molecule has 20 heavy (non-hydrogen) atoms. The summed E-state index contributed by atoms with van der Waals surface area (Å²) in [5.74, 6) is 0.515. The van der Waals surface area contributed by atoms with Crippen molar-refractivity contribution in [2.24, 2.45) is 5.92 Å². The van der Waals surface area contributed by atoms with Crippen molar-refractivity contribution in [3.05, 3.63) is 29.8 Å². The van der Waals surface area contributed by atoms with E-state index in [2.05, 4.69) is 15.5 Å². The van der Waals surface area contributed by atoms with Gasteiger partial charge in [-0.05, 0) is 18.1 Å². The molecule has 0 aliphatic rings. The maximum Gasteiger partial charge on any atom is 0.416 e. The summed E-state index contributed by atoms with van der Waals surface area (Å²) in [4.78, 5) is 4.02. The van der Waals surface area contributed by atoms with Crippen LogP contribution in [0.15, 0.2) is 28.8 Å². The van der Waals surface area contributed by atoms with Crippen LogP contribution in [0.5, 0.6) is 0 Å². The zero-order chi connectivity index (χ0) is 14.8. The zero-order valence-electron chi connectivity index (χ0n) is 11.0. The minimum Gasteiger partial charge on any atom is -0.337 e. The van der Waals surface area contributed by atoms with Gasteiger partial charge in [-0.3, -0.25) is 0 Å². The lowest BCUT2D eigenvalue weighted by molar-refractivity contribution is -0.137. The molecule has 0 bridgehead atoms. The van der Waals surface area contributed by atoms with E-state index >= 15 is 0 Å². The molecule has 0 saturated heterocycles. The van der Waals surface area contributed by atoms with Crippen molar-refractivity contribution < 1.29 is 17.7 Å². The summed E-state index contributed by atoms with van der Waals surface area (Å²) in [7, 11) is 0. The van der Waals surface area contributed by atoms with Crippen LogP contribution < -0.4 is 5.32 Å². The number of aromatic nitrogens is 2. The quantitative estimate of drug-likeness (QED) is 0.927. The topological polar surface area (TPSA) is 51.0 Å². The van der Waals surface area contributed by atoms with Gasteiger partial charge in [-0.1, -0.05) is 31.1 Å². The fourth-order valence-electron chi connectivity index (χ4n) is 1.54. The van der Waals surface area contributed by atoms with Crippen LogP contribution in [0, 0.1) is 5.92 Å². The Bertz CT molecular complexity index is 578. The lowest BCUT2D eigenvalue weighted by atomic mass is 10.1. The third-order valence-corrected chi connectivity index (χ3v) is 2.54. The Labute approximate surface area is 114 Å². The predicted molar refractivity (Wildman–Crippen MR) is 68.1 cm³/mol. The summed E-state index contributed by atoms with van der Waals surface area (Å²) in [5, 5.41) is 6.59. The van der Waals surface area contributed by atoms with E-state index in [9.17, 15) is 13.2 Å². The minimum atomic E-state index is -4.39. The molecule has 1 heterocycles. The SMILES string of the molecule is CC(C)CNc1nc(-c2cccc(C(F)(F)F)c2)no1. The molecule has 1 aromatic carbocycles. The maximum atomic E-state index is 12.6. The number of benzene rings is 1. The summed E-state index contributed by atoms with van der Waals surface area (Å²) >= 11 is 0. The van der Waals surface area contributed by atoms with Crippen LogP contribution in [-0.4, -0.2) is 16.7 Å². The van der Waals surface area contributed by atoms with E-state index < -0.39 is 11.7 Å². The molecular formula is C13H14F3N3O. The second kappa shape index (κ2) is 5.52. The van der Waals surface area contributed by atoms with Gasteiger partial charge in [-0.15, -0.1) is 0 Å². The Morgan fingerprint density at radius 3 is 2.70 bits per heavy atom. The standard InChI is InChI=1S/C13H14F3N3O/c1-8(2)7-17-12-18-11(19-20-12)9-4-3-5-10(6-9)13(14,15)16/h3-6,8H,7H2,1-2H3,(H,17,18,19). The average molecular weight is 285 g/mol. The molecule has 2 aromatic rings. The molecule has 0 fully saturated rings. The van der Waals surface area contributed by atoms with Gasteiger partial charge >= 0.3 is 12.2 Å². The van der Waals surface area contributed by atoms with E-state index in [1.54, 1.807) is 0 Å². The molecule has 0 radical (unpaired) electrons. The highest BCUT2D eigenvalue weighted by Gasteiger charge is 2.30. The summed E-state index contributed by atoms with van der Waals surface area (Å²) in [6, 6.07) is 5.02. The highest BCUT2D eigenvalue weighted by Crippen LogP contribution is 2.31. The minimum absolute atomic E-state index is 0.127. The first-order valence-electron chi connectivity index (χ1n) is 6.11. The van der Waals surface area contributed by atoms with Gasteiger partial charge in [0.15, 0.2) is 0 Å². The largest absolute Gasteiger partial charge is 0.416 e. The Morgan fingerprint density at radius 2 is 2.05 bits per heavy atom. The summed E-state index contributed by atoms with van der Waals surface area (Å²) < 4.78 is 42.8. The Kier molecular flexibility index (Phi) is 3.96. The highest BCUT2D eigenvalue weighted by atomic mass is 19.4. The van der Waals surface area contributed by atoms with Crippen LogP contribution in [0.25, 0.3) is 11.4 Å². The number of nitrogens with one attached hydrogen (secondary N) is 1. The number of hydrogen-bond acceptors (Lipinski definition) is 4. The van der Waals surface area contributed by atoms with Crippen molar-refractivity contribution in [2.75, 3.05) is 11.9 Å². The second-order valence-electron chi connectivity index (χ2n) is 4.78. The molecule has 0 atom stereocenters. The lowest BCUT2D eigenvalue weighted by Gasteiger charge is -2.06. The van der Waals surface area contributed by atoms with E-state index in [-0.39, 0.29) is 17.4 Å². The number of nitrogens with zero attached hydrogens (tertiary/aromatic N) is 2. The fraction of sp³-hybridized carbons (Fsp3) is 0.385. The van der Waals surface area contributed by atoms with E-state index in [0.717, 1.165) is 12.1 Å². The Hall–Kier alpha value is -2.05. The molecule has 2 rings (SSSR count). The lowest BCUT2D eigenvalue weighted by Crippen LogP contribution is -2.07. The summed E-state index contributed by atoms with van der Waals surface area (Å²) in [6.07, 6.45) is -4.39. The third kappa shape index (κ3) is 3.49. The van der Waals surface area contributed by atoms with Gasteiger partial charge < -0.3 is 9.84 Å². The Balaban J connectivity index is 2.20. The summed E-state index contributed by atoms with van der Waals surface area (Å²) in [6.45, 7) is 4.67. The van der Waals surface area contributed by atoms with E-state index in [1.165, 1.54) is 12.1 Å². The molecule has 0 saturated carbocycles. The molecule has 0 aliphatic carbocycles. The number of hydrogen-bond donors (Lipinski definition) is 1. The van der Waals surface area contributed by atoms with Gasteiger partial charge in [0, 0.05) is 12.1 Å². The molecule has 0 unspecified atom stereocenters. The van der Waals surface area contributed by atoms with Crippen molar-refractivity contribution in [3.8, 4) is 11.4 Å². The van der Waals surface area contributed by atoms with Crippen molar-refractivity contribution in [3.63, 3.8) is 0 Å². The molecule has 0 amide bonds. The number of anilines is 1. The third-order valence-electron chi connectivity index (χ3n) is 2.54. The van der Waals surface area contributed by atoms with Gasteiger partial charge in [0.1, 0.15) is 0 Å². The highest BCUT2D eigenvalue weighted by molar-refractivity contribution is 5.56. The number of alkyl halides is 3. The van der Waals surface area contributed by atoms with Gasteiger partial charge in [0.05, 0.1) is 5.56 Å². The van der Waals surface area contributed by atoms with Gasteiger partial charge in [-0.25, -0.2) is 0 Å². The molecule has 108 valence electrons. The normalized spacial score (nSPS) is 11.9. The monoisotopic (exact) mass is 285 g/mol. The average Bonchev–Trinajstić information content (AvgIpc) is 2.84. The van der Waals surface area contributed by atoms with Crippen LogP contribution >= 0.6 is 0 Å². The molecule has 4 nitrogen and oxygen atoms in total. The smallest absolute Gasteiger partial charge is 0.337 e. The van der Waals surface area contributed by atoms with Crippen LogP contribution in [-0.2, 0) is 6.18 Å². The maximum absolute atomic E-state index is 12.6. The molecule has 7 heteroatoms. The fourth-order valence-corrected chi connectivity index (χ4v) is 1.54. The first-order valence-corrected chi connectivity index (χ1v) is 6.11. The van der Waals surface area contributed by atoms with Crippen molar-refractivity contribution in [2.45, 2.75) is 20.0 Å². The molecule has 1 aromatic heterocycles. The van der Waals surface area contributed by atoms with Crippen LogP contribution in [0.1, 0.15) is 19.4 Å². The molecule has 1 N–H and O–H groups in total. The zero-order valence-corrected chi connectivity index (χ0v) is 11.0. The van der Waals surface area contributed by atoms with Crippen LogP contribution in [0.3, 0.4) is 0 Å². The molecule has 0 aliphatic heterocycles. The predicted octanol–water partition coefficient (Wildman–Crippen LogP) is 3.82. The van der Waals surface area contributed by atoms with Gasteiger partial charge in [0.2, 0.25) is 5.82 Å². The summed E-state index contributed by atoms with van der Waals surface area (Å²) in [5.41, 5.74) is -0.474. The van der Waals surface area contributed by atoms with Crippen molar-refractivity contribution in [1.82, 2.24) is 10.1 Å². The van der Waals surface area contributed by atoms with Gasteiger partial charge in [-0.2, -0.15) is 18.2 Å². The van der Waals surface area contributed by atoms with Crippen molar-refractivity contribution >= 4 is 6.01 Å². The van der Waals surface area contributed by atoms with E-state index in [1.807, 2.05) is 13.8 Å². The molecular weight excluding hydrogens is 271 g/mol. The Morgan fingerprint density at radius 1 is 1.30 bits per heavy atom. The van der Waals surface area contributed by atoms with E-state index in [4.69, 9.17) is 4.52 Å². The van der Waals surface area contributed by atoms with Crippen LogP contribution in [0.4, 0.5) is 19.2 Å².